The van der Waals surface area contributed by atoms with Gasteiger partial charge in [-0.2, -0.15) is 26.3 Å². The van der Waals surface area contributed by atoms with Gasteiger partial charge in [-0.3, -0.25) is 4.79 Å². The molecule has 0 aromatic heterocycles. The second kappa shape index (κ2) is 4.11. The molecule has 0 saturated carbocycles. The number of rotatable bonds is 2. The van der Waals surface area contributed by atoms with Crippen LogP contribution in [0.25, 0.3) is 0 Å². The van der Waals surface area contributed by atoms with E-state index in [1.807, 2.05) is 0 Å². The van der Waals surface area contributed by atoms with Gasteiger partial charge in [0.2, 0.25) is 11.8 Å². The molecule has 1 aliphatic rings. The molecule has 1 saturated heterocycles. The second-order valence-corrected chi connectivity index (χ2v) is 3.26. The van der Waals surface area contributed by atoms with E-state index in [1.165, 1.54) is 0 Å². The number of nitrogens with one attached hydrogen (secondary N) is 1. The Bertz CT molecular complexity index is 255. The molecule has 0 radical (unpaired) electrons. The van der Waals surface area contributed by atoms with E-state index in [9.17, 15) is 31.1 Å². The van der Waals surface area contributed by atoms with Gasteiger partial charge < -0.3 is 10.1 Å². The Morgan fingerprint density at radius 1 is 1.12 bits per heavy atom. The highest BCUT2D eigenvalue weighted by molar-refractivity contribution is 5.80. The molecule has 1 rings (SSSR count). The summed E-state index contributed by atoms with van der Waals surface area (Å²) in [5, 5.41) is 1.63. The van der Waals surface area contributed by atoms with Crippen LogP contribution in [0.4, 0.5) is 26.3 Å². The lowest BCUT2D eigenvalue weighted by atomic mass is 10.1. The van der Waals surface area contributed by atoms with Crippen molar-refractivity contribution in [1.29, 1.82) is 0 Å². The molecule has 9 heteroatoms. The van der Waals surface area contributed by atoms with Gasteiger partial charge in [-0.15, -0.1) is 0 Å². The number of halogens is 6. The predicted octanol–water partition coefficient (Wildman–Crippen LogP) is 1.24. The minimum Gasteiger partial charge on any atom is -0.377 e. The number of carbonyl (C=O) groups excluding carboxylic acids is 1. The van der Waals surface area contributed by atoms with Gasteiger partial charge in [0.1, 0.15) is 0 Å². The molecule has 1 fully saturated rings. The van der Waals surface area contributed by atoms with Gasteiger partial charge in [-0.05, 0) is 0 Å². The van der Waals surface area contributed by atoms with Crippen LogP contribution in [0.1, 0.15) is 0 Å². The first-order chi connectivity index (χ1) is 7.12. The molecule has 16 heavy (non-hydrogen) atoms. The average Bonchev–Trinajstić information content (AvgIpc) is 1.90. The monoisotopic (exact) mass is 251 g/mol. The topological polar surface area (TPSA) is 38.3 Å². The summed E-state index contributed by atoms with van der Waals surface area (Å²) in [7, 11) is 0. The van der Waals surface area contributed by atoms with Crippen molar-refractivity contribution >= 4 is 5.91 Å². The number of hydrogen-bond acceptors (Lipinski definition) is 2. The van der Waals surface area contributed by atoms with Gasteiger partial charge in [-0.1, -0.05) is 0 Å². The third kappa shape index (κ3) is 3.00. The fraction of sp³-hybridized carbons (Fsp3) is 0.857. The number of hydrogen-bond donors (Lipinski definition) is 1. The summed E-state index contributed by atoms with van der Waals surface area (Å²) in [4.78, 5) is 10.8. The molecule has 0 aliphatic carbocycles. The first-order valence-corrected chi connectivity index (χ1v) is 4.14. The number of ether oxygens (including phenoxy) is 1. The van der Waals surface area contributed by atoms with Gasteiger partial charge >= 0.3 is 12.4 Å². The highest BCUT2D eigenvalue weighted by Crippen LogP contribution is 2.39. The van der Waals surface area contributed by atoms with Crippen LogP contribution < -0.4 is 5.32 Å². The fourth-order valence-electron chi connectivity index (χ4n) is 1.09. The lowest BCUT2D eigenvalue weighted by Gasteiger charge is -2.29. The quantitative estimate of drug-likeness (QED) is 0.750. The van der Waals surface area contributed by atoms with E-state index in [-0.39, 0.29) is 13.2 Å². The summed E-state index contributed by atoms with van der Waals surface area (Å²) < 4.78 is 76.7. The van der Waals surface area contributed by atoms with Crippen molar-refractivity contribution in [3.05, 3.63) is 0 Å². The summed E-state index contributed by atoms with van der Waals surface area (Å²) in [6.07, 6.45) is -11.3. The summed E-state index contributed by atoms with van der Waals surface area (Å²) in [5.41, 5.74) is 0. The van der Waals surface area contributed by atoms with E-state index >= 15 is 0 Å². The Hall–Kier alpha value is -0.990. The highest BCUT2D eigenvalue weighted by Gasteiger charge is 2.61. The molecular weight excluding hydrogens is 244 g/mol. The van der Waals surface area contributed by atoms with Gasteiger partial charge in [0.15, 0.2) is 0 Å². The van der Waals surface area contributed by atoms with E-state index in [0.29, 0.717) is 0 Å². The van der Waals surface area contributed by atoms with E-state index in [4.69, 9.17) is 0 Å². The van der Waals surface area contributed by atoms with Crippen LogP contribution in [0, 0.1) is 5.92 Å². The molecule has 1 amide bonds. The minimum absolute atomic E-state index is 0.0752. The Morgan fingerprint density at radius 3 is 1.81 bits per heavy atom. The Balaban J connectivity index is 2.72. The molecule has 1 heterocycles. The van der Waals surface area contributed by atoms with Gasteiger partial charge in [-0.25, -0.2) is 0 Å². The van der Waals surface area contributed by atoms with Crippen molar-refractivity contribution < 1.29 is 35.9 Å². The molecule has 0 spiro atoms. The van der Waals surface area contributed by atoms with Crippen LogP contribution in [-0.4, -0.2) is 37.5 Å². The third-order valence-electron chi connectivity index (χ3n) is 1.90. The van der Waals surface area contributed by atoms with Crippen LogP contribution in [0.15, 0.2) is 0 Å². The first-order valence-electron chi connectivity index (χ1n) is 4.14. The SMILES string of the molecule is O=C(NC1COC1)C(C(F)(F)F)C(F)(F)F. The molecule has 0 aromatic rings. The van der Waals surface area contributed by atoms with Gasteiger partial charge in [0, 0.05) is 0 Å². The highest BCUT2D eigenvalue weighted by atomic mass is 19.4. The maximum atomic E-state index is 12.0. The van der Waals surface area contributed by atoms with E-state index in [2.05, 4.69) is 4.74 Å². The standard InChI is InChI=1S/C7H7F6NO2/c8-6(9,10)4(7(11,12)13)5(15)14-3-1-16-2-3/h3-4H,1-2H2,(H,14,15). The summed E-state index contributed by atoms with van der Waals surface area (Å²) in [5.74, 6) is -6.08. The number of carbonyl (C=O) groups is 1. The lowest BCUT2D eigenvalue weighted by Crippen LogP contribution is -2.55. The summed E-state index contributed by atoms with van der Waals surface area (Å²) in [6.45, 7) is -0.150. The van der Waals surface area contributed by atoms with Crippen LogP contribution >= 0.6 is 0 Å². The van der Waals surface area contributed by atoms with Crippen molar-refractivity contribution in [2.24, 2.45) is 5.92 Å². The first kappa shape index (κ1) is 13.1. The van der Waals surface area contributed by atoms with Crippen LogP contribution in [0.3, 0.4) is 0 Å². The van der Waals surface area contributed by atoms with E-state index < -0.39 is 30.2 Å². The van der Waals surface area contributed by atoms with Crippen molar-refractivity contribution in [2.45, 2.75) is 18.4 Å². The molecule has 1 N–H and O–H groups in total. The molecule has 94 valence electrons. The summed E-state index contributed by atoms with van der Waals surface area (Å²) >= 11 is 0. The number of amides is 1. The van der Waals surface area contributed by atoms with Crippen LogP contribution in [0.2, 0.25) is 0 Å². The maximum absolute atomic E-state index is 12.0. The fourth-order valence-corrected chi connectivity index (χ4v) is 1.09. The molecule has 0 aromatic carbocycles. The average molecular weight is 251 g/mol. The maximum Gasteiger partial charge on any atom is 0.409 e. The number of alkyl halides is 6. The van der Waals surface area contributed by atoms with Gasteiger partial charge in [0.05, 0.1) is 19.3 Å². The smallest absolute Gasteiger partial charge is 0.377 e. The Labute approximate surface area is 85.7 Å². The van der Waals surface area contributed by atoms with Crippen molar-refractivity contribution in [2.75, 3.05) is 13.2 Å². The molecule has 0 unspecified atom stereocenters. The molecule has 0 bridgehead atoms. The van der Waals surface area contributed by atoms with Crippen molar-refractivity contribution in [1.82, 2.24) is 5.32 Å². The zero-order valence-corrected chi connectivity index (χ0v) is 7.65. The molecule has 0 atom stereocenters. The second-order valence-electron chi connectivity index (χ2n) is 3.26. The molecule has 1 aliphatic heterocycles. The molecule has 3 nitrogen and oxygen atoms in total. The van der Waals surface area contributed by atoms with Crippen molar-refractivity contribution in [3.8, 4) is 0 Å². The van der Waals surface area contributed by atoms with Crippen LogP contribution in [0.5, 0.6) is 0 Å². The zero-order chi connectivity index (χ0) is 12.6. The minimum atomic E-state index is -5.65. The largest absolute Gasteiger partial charge is 0.409 e. The van der Waals surface area contributed by atoms with Crippen LogP contribution in [-0.2, 0) is 9.53 Å². The lowest BCUT2D eigenvalue weighted by molar-refractivity contribution is -0.274. The Kier molecular flexibility index (Phi) is 3.36. The van der Waals surface area contributed by atoms with Gasteiger partial charge in [0.25, 0.3) is 0 Å². The summed E-state index contributed by atoms with van der Waals surface area (Å²) in [6, 6.07) is -0.778. The third-order valence-corrected chi connectivity index (χ3v) is 1.90. The van der Waals surface area contributed by atoms with E-state index in [1.54, 1.807) is 5.32 Å². The predicted molar refractivity (Wildman–Crippen MR) is 38.3 cm³/mol. The zero-order valence-electron chi connectivity index (χ0n) is 7.65. The normalized spacial score (nSPS) is 18.4. The van der Waals surface area contributed by atoms with Crippen molar-refractivity contribution in [3.63, 3.8) is 0 Å². The van der Waals surface area contributed by atoms with E-state index in [0.717, 1.165) is 0 Å². The Morgan fingerprint density at radius 2 is 1.56 bits per heavy atom. The molecular formula is C7H7F6NO2.